The number of carbonyl (C=O) groups is 2. The van der Waals surface area contributed by atoms with Crippen LogP contribution in [-0.2, 0) is 14.2 Å². The summed E-state index contributed by atoms with van der Waals surface area (Å²) in [5.41, 5.74) is 0.525. The van der Waals surface area contributed by atoms with Crippen LogP contribution in [0.25, 0.3) is 0 Å². The maximum absolute atomic E-state index is 12.4. The Morgan fingerprint density at radius 2 is 1.26 bits per heavy atom. The van der Waals surface area contributed by atoms with E-state index < -0.39 is 42.6 Å². The third-order valence-electron chi connectivity index (χ3n) is 4.28. The van der Waals surface area contributed by atoms with Gasteiger partial charge in [-0.25, -0.2) is 9.59 Å². The zero-order valence-corrected chi connectivity index (χ0v) is 14.6. The molecule has 0 unspecified atom stereocenters. The van der Waals surface area contributed by atoms with Crippen LogP contribution in [0.1, 0.15) is 27.6 Å². The SMILES string of the molecule is C[C@@H]1O[C@H](O)[C@H](OC(=O)c2ccccc2)[C@@H](OC(=O)c2ccccc2)[C@H]1O. The van der Waals surface area contributed by atoms with E-state index in [4.69, 9.17) is 14.2 Å². The Bertz CT molecular complexity index is 777. The molecule has 0 aliphatic carbocycles. The van der Waals surface area contributed by atoms with Crippen LogP contribution in [0, 0.1) is 0 Å². The molecule has 1 aliphatic heterocycles. The molecular weight excluding hydrogens is 352 g/mol. The summed E-state index contributed by atoms with van der Waals surface area (Å²) in [6.45, 7) is 1.52. The third-order valence-corrected chi connectivity index (χ3v) is 4.28. The Morgan fingerprint density at radius 1 is 0.815 bits per heavy atom. The number of ether oxygens (including phenoxy) is 3. The van der Waals surface area contributed by atoms with E-state index in [1.54, 1.807) is 60.7 Å². The lowest BCUT2D eigenvalue weighted by atomic mass is 9.99. The minimum atomic E-state index is -1.55. The lowest BCUT2D eigenvalue weighted by molar-refractivity contribution is -0.276. The van der Waals surface area contributed by atoms with Gasteiger partial charge >= 0.3 is 11.9 Å². The Balaban J connectivity index is 1.80. The van der Waals surface area contributed by atoms with Crippen molar-refractivity contribution in [3.8, 4) is 0 Å². The van der Waals surface area contributed by atoms with Gasteiger partial charge in [0.05, 0.1) is 17.2 Å². The number of carbonyl (C=O) groups excluding carboxylic acids is 2. The Hall–Kier alpha value is -2.74. The van der Waals surface area contributed by atoms with E-state index in [2.05, 4.69) is 0 Å². The first kappa shape index (κ1) is 19.0. The predicted octanol–water partition coefficient (Wildman–Crippen LogP) is 1.54. The highest BCUT2D eigenvalue weighted by atomic mass is 16.7. The molecule has 1 saturated heterocycles. The van der Waals surface area contributed by atoms with Gasteiger partial charge in [0.15, 0.2) is 18.5 Å². The average molecular weight is 372 g/mol. The summed E-state index contributed by atoms with van der Waals surface area (Å²) < 4.78 is 15.9. The second kappa shape index (κ2) is 8.30. The molecule has 7 nitrogen and oxygen atoms in total. The normalized spacial score (nSPS) is 27.6. The van der Waals surface area contributed by atoms with Gasteiger partial charge in [0, 0.05) is 0 Å². The van der Waals surface area contributed by atoms with Crippen molar-refractivity contribution >= 4 is 11.9 Å². The van der Waals surface area contributed by atoms with Crippen LogP contribution in [0.5, 0.6) is 0 Å². The first-order valence-corrected chi connectivity index (χ1v) is 8.51. The first-order valence-electron chi connectivity index (χ1n) is 8.51. The molecule has 0 radical (unpaired) electrons. The zero-order chi connectivity index (χ0) is 19.4. The molecular formula is C20H20O7. The summed E-state index contributed by atoms with van der Waals surface area (Å²) in [7, 11) is 0. The molecule has 0 bridgehead atoms. The molecule has 5 atom stereocenters. The quantitative estimate of drug-likeness (QED) is 0.785. The molecule has 0 spiro atoms. The van der Waals surface area contributed by atoms with Crippen molar-refractivity contribution in [2.45, 2.75) is 37.6 Å². The van der Waals surface area contributed by atoms with Gasteiger partial charge in [-0.2, -0.15) is 0 Å². The van der Waals surface area contributed by atoms with E-state index >= 15 is 0 Å². The largest absolute Gasteiger partial charge is 0.452 e. The van der Waals surface area contributed by atoms with Gasteiger partial charge in [0.1, 0.15) is 6.10 Å². The van der Waals surface area contributed by atoms with E-state index in [-0.39, 0.29) is 11.1 Å². The van der Waals surface area contributed by atoms with Gasteiger partial charge in [-0.1, -0.05) is 36.4 Å². The monoisotopic (exact) mass is 372 g/mol. The van der Waals surface area contributed by atoms with E-state index in [0.29, 0.717) is 0 Å². The van der Waals surface area contributed by atoms with Crippen LogP contribution >= 0.6 is 0 Å². The topological polar surface area (TPSA) is 102 Å². The Labute approximate surface area is 156 Å². The highest BCUT2D eigenvalue weighted by Crippen LogP contribution is 2.26. The molecule has 0 aromatic heterocycles. The molecule has 27 heavy (non-hydrogen) atoms. The van der Waals surface area contributed by atoms with Gasteiger partial charge < -0.3 is 24.4 Å². The summed E-state index contributed by atoms with van der Waals surface area (Å²) in [5, 5.41) is 20.6. The van der Waals surface area contributed by atoms with E-state index in [0.717, 1.165) is 0 Å². The van der Waals surface area contributed by atoms with Crippen molar-refractivity contribution in [1.29, 1.82) is 0 Å². The van der Waals surface area contributed by atoms with E-state index in [1.807, 2.05) is 0 Å². The van der Waals surface area contributed by atoms with Gasteiger partial charge in [-0.15, -0.1) is 0 Å². The second-order valence-corrected chi connectivity index (χ2v) is 6.19. The third kappa shape index (κ3) is 4.33. The van der Waals surface area contributed by atoms with E-state index in [9.17, 15) is 19.8 Å². The smallest absolute Gasteiger partial charge is 0.338 e. The average Bonchev–Trinajstić information content (AvgIpc) is 2.69. The molecule has 2 aromatic rings. The molecule has 1 aliphatic rings. The number of rotatable bonds is 4. The summed E-state index contributed by atoms with van der Waals surface area (Å²) in [6, 6.07) is 16.3. The van der Waals surface area contributed by atoms with Crippen molar-refractivity contribution in [3.05, 3.63) is 71.8 Å². The molecule has 2 aromatic carbocycles. The molecule has 7 heteroatoms. The van der Waals surface area contributed by atoms with Gasteiger partial charge in [0.25, 0.3) is 0 Å². The Kier molecular flexibility index (Phi) is 5.85. The molecule has 0 saturated carbocycles. The summed E-state index contributed by atoms with van der Waals surface area (Å²) in [5.74, 6) is -1.44. The fourth-order valence-electron chi connectivity index (χ4n) is 2.80. The van der Waals surface area contributed by atoms with E-state index in [1.165, 1.54) is 6.92 Å². The lowest BCUT2D eigenvalue weighted by Gasteiger charge is -2.40. The minimum Gasteiger partial charge on any atom is -0.452 e. The molecule has 142 valence electrons. The van der Waals surface area contributed by atoms with Crippen LogP contribution < -0.4 is 0 Å². The summed E-state index contributed by atoms with van der Waals surface area (Å²) in [6.07, 6.45) is -6.32. The molecule has 3 rings (SSSR count). The number of benzene rings is 2. The number of hydrogen-bond acceptors (Lipinski definition) is 7. The zero-order valence-electron chi connectivity index (χ0n) is 14.6. The van der Waals surface area contributed by atoms with Crippen LogP contribution in [0.4, 0.5) is 0 Å². The van der Waals surface area contributed by atoms with Gasteiger partial charge in [-0.05, 0) is 31.2 Å². The van der Waals surface area contributed by atoms with Crippen molar-refractivity contribution in [1.82, 2.24) is 0 Å². The second-order valence-electron chi connectivity index (χ2n) is 6.19. The summed E-state index contributed by atoms with van der Waals surface area (Å²) in [4.78, 5) is 24.7. The maximum Gasteiger partial charge on any atom is 0.338 e. The van der Waals surface area contributed by atoms with Crippen molar-refractivity contribution in [2.24, 2.45) is 0 Å². The van der Waals surface area contributed by atoms with Crippen LogP contribution in [0.15, 0.2) is 60.7 Å². The van der Waals surface area contributed by atoms with Crippen LogP contribution in [0.3, 0.4) is 0 Å². The molecule has 1 fully saturated rings. The first-order chi connectivity index (χ1) is 13.0. The molecule has 2 N–H and O–H groups in total. The van der Waals surface area contributed by atoms with Crippen molar-refractivity contribution < 1.29 is 34.0 Å². The molecule has 0 amide bonds. The highest BCUT2D eigenvalue weighted by molar-refractivity contribution is 5.90. The lowest BCUT2D eigenvalue weighted by Crippen LogP contribution is -2.59. The number of hydrogen-bond donors (Lipinski definition) is 2. The van der Waals surface area contributed by atoms with Crippen molar-refractivity contribution in [2.75, 3.05) is 0 Å². The van der Waals surface area contributed by atoms with Gasteiger partial charge in [0.2, 0.25) is 0 Å². The highest BCUT2D eigenvalue weighted by Gasteiger charge is 2.48. The van der Waals surface area contributed by atoms with Crippen LogP contribution in [0.2, 0.25) is 0 Å². The minimum absolute atomic E-state index is 0.256. The molecule has 1 heterocycles. The fraction of sp³-hybridized carbons (Fsp3) is 0.300. The summed E-state index contributed by atoms with van der Waals surface area (Å²) >= 11 is 0. The van der Waals surface area contributed by atoms with Crippen LogP contribution in [-0.4, -0.2) is 52.9 Å². The number of esters is 2. The fourth-order valence-corrected chi connectivity index (χ4v) is 2.80. The number of aliphatic hydroxyl groups is 2. The predicted molar refractivity (Wildman–Crippen MR) is 93.9 cm³/mol. The van der Waals surface area contributed by atoms with Crippen molar-refractivity contribution in [3.63, 3.8) is 0 Å². The van der Waals surface area contributed by atoms with Gasteiger partial charge in [-0.3, -0.25) is 0 Å². The Morgan fingerprint density at radius 3 is 1.74 bits per heavy atom. The number of aliphatic hydroxyl groups excluding tert-OH is 2. The standard InChI is InChI=1S/C20H20O7/c1-12-15(21)16(26-18(22)13-8-4-2-5-9-13)17(20(24)25-12)27-19(23)14-10-6-3-7-11-14/h2-12,15-17,20-21,24H,1H3/t12-,15-,16-,17+,20-/m0/s1. The maximum atomic E-state index is 12.4.